The molecular weight excluding hydrogens is 530 g/mol. The zero-order chi connectivity index (χ0) is 28.4. The summed E-state index contributed by atoms with van der Waals surface area (Å²) in [6, 6.07) is 22.8. The number of nitro groups is 1. The Morgan fingerprint density at radius 2 is 1.50 bits per heavy atom. The summed E-state index contributed by atoms with van der Waals surface area (Å²) in [5.74, 6) is 1.76. The highest BCUT2D eigenvalue weighted by Crippen LogP contribution is 2.35. The molecule has 0 unspecified atom stereocenters. The molecule has 0 radical (unpaired) electrons. The molecule has 3 aromatic carbocycles. The molecule has 10 heteroatoms. The van der Waals surface area contributed by atoms with E-state index >= 15 is 0 Å². The van der Waals surface area contributed by atoms with E-state index in [1.807, 2.05) is 68.4 Å². The first kappa shape index (κ1) is 26.8. The van der Waals surface area contributed by atoms with E-state index in [-0.39, 0.29) is 17.5 Å². The van der Waals surface area contributed by atoms with Gasteiger partial charge in [-0.2, -0.15) is 0 Å². The molecule has 5 rings (SSSR count). The molecule has 9 nitrogen and oxygen atoms in total. The fraction of sp³-hybridized carbons (Fsp3) is 0.133. The fourth-order valence-electron chi connectivity index (χ4n) is 4.46. The smallest absolute Gasteiger partial charge is 0.293 e. The van der Waals surface area contributed by atoms with Crippen LogP contribution in [-0.2, 0) is 11.3 Å². The average molecular weight is 556 g/mol. The van der Waals surface area contributed by atoms with E-state index in [0.29, 0.717) is 22.0 Å². The van der Waals surface area contributed by atoms with Crippen molar-refractivity contribution < 1.29 is 24.0 Å². The summed E-state index contributed by atoms with van der Waals surface area (Å²) in [7, 11) is 1.62. The molecule has 1 aliphatic heterocycles. The topological polar surface area (TPSA) is 104 Å². The lowest BCUT2D eigenvalue weighted by molar-refractivity contribution is -0.384. The molecule has 2 amide bonds. The third-order valence-electron chi connectivity index (χ3n) is 6.51. The van der Waals surface area contributed by atoms with Crippen molar-refractivity contribution >= 4 is 34.7 Å². The lowest BCUT2D eigenvalue weighted by atomic mass is 10.2. The first-order valence-corrected chi connectivity index (χ1v) is 13.1. The van der Waals surface area contributed by atoms with Gasteiger partial charge in [-0.15, -0.1) is 0 Å². The van der Waals surface area contributed by atoms with Crippen LogP contribution in [0.4, 0.5) is 10.5 Å². The molecule has 1 aliphatic rings. The number of imide groups is 1. The number of non-ortho nitro benzene ring substituents is 1. The van der Waals surface area contributed by atoms with E-state index in [1.165, 1.54) is 12.1 Å². The van der Waals surface area contributed by atoms with Gasteiger partial charge in [0.15, 0.2) is 0 Å². The number of benzene rings is 3. The van der Waals surface area contributed by atoms with Gasteiger partial charge in [-0.05, 0) is 97.4 Å². The summed E-state index contributed by atoms with van der Waals surface area (Å²) >= 11 is 0.885. The predicted octanol–water partition coefficient (Wildman–Crippen LogP) is 7.04. The number of carbonyl (C=O) groups is 2. The van der Waals surface area contributed by atoms with Crippen molar-refractivity contribution in [1.29, 1.82) is 0 Å². The highest BCUT2D eigenvalue weighted by molar-refractivity contribution is 8.18. The standard InChI is InChI=1S/C30H25N3O6S/c1-19-16-22(17-28-29(34)31(30(35)40-28)18-21-4-6-24(7-5-21)33(36)37)20(2)32(19)23-8-10-26(11-9-23)39-27-14-12-25(38-3)13-15-27/h4-17H,18H2,1-3H3/b28-17-. The summed E-state index contributed by atoms with van der Waals surface area (Å²) < 4.78 is 13.2. The number of nitrogens with zero attached hydrogens (tertiary/aromatic N) is 3. The van der Waals surface area contributed by atoms with E-state index < -0.39 is 10.8 Å². The van der Waals surface area contributed by atoms with Crippen LogP contribution < -0.4 is 9.47 Å². The minimum absolute atomic E-state index is 0.0456. The number of thioether (sulfide) groups is 1. The van der Waals surface area contributed by atoms with Crippen molar-refractivity contribution in [2.24, 2.45) is 0 Å². The lowest BCUT2D eigenvalue weighted by Crippen LogP contribution is -2.27. The maximum absolute atomic E-state index is 13.1. The van der Waals surface area contributed by atoms with Crippen LogP contribution in [0, 0.1) is 24.0 Å². The van der Waals surface area contributed by atoms with Crippen LogP contribution in [0.15, 0.2) is 83.8 Å². The number of nitro benzene ring substituents is 1. The van der Waals surface area contributed by atoms with Gasteiger partial charge in [0.05, 0.1) is 23.5 Å². The highest BCUT2D eigenvalue weighted by Gasteiger charge is 2.35. The first-order chi connectivity index (χ1) is 19.2. The number of hydrogen-bond acceptors (Lipinski definition) is 7. The third kappa shape index (κ3) is 5.48. The second-order valence-corrected chi connectivity index (χ2v) is 10.1. The Bertz CT molecular complexity index is 1620. The Kier molecular flexibility index (Phi) is 7.43. The van der Waals surface area contributed by atoms with Crippen molar-refractivity contribution in [3.63, 3.8) is 0 Å². The van der Waals surface area contributed by atoms with Gasteiger partial charge < -0.3 is 14.0 Å². The molecule has 2 heterocycles. The van der Waals surface area contributed by atoms with Gasteiger partial charge in [-0.1, -0.05) is 12.1 Å². The normalized spacial score (nSPS) is 14.2. The summed E-state index contributed by atoms with van der Waals surface area (Å²) in [5, 5.41) is 10.5. The number of ether oxygens (including phenoxy) is 2. The molecule has 0 N–H and O–H groups in total. The molecule has 1 saturated heterocycles. The van der Waals surface area contributed by atoms with Gasteiger partial charge in [-0.3, -0.25) is 24.6 Å². The van der Waals surface area contributed by atoms with Crippen molar-refractivity contribution in [2.45, 2.75) is 20.4 Å². The number of carbonyl (C=O) groups excluding carboxylic acids is 2. The minimum atomic E-state index is -0.492. The molecular formula is C30H25N3O6S. The summed E-state index contributed by atoms with van der Waals surface area (Å²) in [4.78, 5) is 37.6. The van der Waals surface area contributed by atoms with Crippen LogP contribution in [0.5, 0.6) is 17.2 Å². The van der Waals surface area contributed by atoms with Crippen molar-refractivity contribution in [2.75, 3.05) is 7.11 Å². The SMILES string of the molecule is COc1ccc(Oc2ccc(-n3c(C)cc(/C=C4\SC(=O)N(Cc5ccc([N+](=O)[O-])cc5)C4=O)c3C)cc2)cc1. The Morgan fingerprint density at radius 1 is 0.900 bits per heavy atom. The van der Waals surface area contributed by atoms with E-state index in [4.69, 9.17) is 9.47 Å². The maximum Gasteiger partial charge on any atom is 0.293 e. The van der Waals surface area contributed by atoms with Gasteiger partial charge in [-0.25, -0.2) is 0 Å². The molecule has 40 heavy (non-hydrogen) atoms. The van der Waals surface area contributed by atoms with E-state index in [2.05, 4.69) is 4.57 Å². The Balaban J connectivity index is 1.32. The molecule has 202 valence electrons. The molecule has 4 aromatic rings. The number of amides is 2. The van der Waals surface area contributed by atoms with Crippen LogP contribution in [0.2, 0.25) is 0 Å². The average Bonchev–Trinajstić information content (AvgIpc) is 3.38. The monoisotopic (exact) mass is 555 g/mol. The third-order valence-corrected chi connectivity index (χ3v) is 7.42. The lowest BCUT2D eigenvalue weighted by Gasteiger charge is -2.12. The van der Waals surface area contributed by atoms with E-state index in [0.717, 1.165) is 45.1 Å². The Morgan fingerprint density at radius 3 is 2.10 bits per heavy atom. The molecule has 0 atom stereocenters. The van der Waals surface area contributed by atoms with Gasteiger partial charge in [0.1, 0.15) is 17.2 Å². The van der Waals surface area contributed by atoms with E-state index in [9.17, 15) is 19.7 Å². The Labute approximate surface area is 234 Å². The largest absolute Gasteiger partial charge is 0.497 e. The van der Waals surface area contributed by atoms with Gasteiger partial charge in [0, 0.05) is 29.2 Å². The van der Waals surface area contributed by atoms with Gasteiger partial charge in [0.2, 0.25) is 0 Å². The van der Waals surface area contributed by atoms with Crippen molar-refractivity contribution in [1.82, 2.24) is 9.47 Å². The van der Waals surface area contributed by atoms with Crippen LogP contribution in [-0.4, -0.2) is 32.6 Å². The van der Waals surface area contributed by atoms with Crippen molar-refractivity contribution in [3.8, 4) is 22.9 Å². The van der Waals surface area contributed by atoms with Gasteiger partial charge >= 0.3 is 0 Å². The fourth-order valence-corrected chi connectivity index (χ4v) is 5.29. The number of aryl methyl sites for hydroxylation is 1. The highest BCUT2D eigenvalue weighted by atomic mass is 32.2. The van der Waals surface area contributed by atoms with Crippen LogP contribution in [0.25, 0.3) is 11.8 Å². The summed E-state index contributed by atoms with van der Waals surface area (Å²) in [5.41, 5.74) is 4.24. The van der Waals surface area contributed by atoms with Crippen LogP contribution in [0.3, 0.4) is 0 Å². The second kappa shape index (κ2) is 11.1. The second-order valence-electron chi connectivity index (χ2n) is 9.12. The number of rotatable bonds is 8. The van der Waals surface area contributed by atoms with Crippen LogP contribution in [0.1, 0.15) is 22.5 Å². The molecule has 1 fully saturated rings. The quantitative estimate of drug-likeness (QED) is 0.130. The first-order valence-electron chi connectivity index (χ1n) is 12.3. The summed E-state index contributed by atoms with van der Waals surface area (Å²) in [6.45, 7) is 3.98. The Hall–Kier alpha value is -4.83. The molecule has 0 saturated carbocycles. The summed E-state index contributed by atoms with van der Waals surface area (Å²) in [6.07, 6.45) is 1.74. The number of aromatic nitrogens is 1. The van der Waals surface area contributed by atoms with Gasteiger partial charge in [0.25, 0.3) is 16.8 Å². The molecule has 0 spiro atoms. The minimum Gasteiger partial charge on any atom is -0.497 e. The van der Waals surface area contributed by atoms with E-state index in [1.54, 1.807) is 25.3 Å². The zero-order valence-corrected chi connectivity index (χ0v) is 22.8. The maximum atomic E-state index is 13.1. The number of hydrogen-bond donors (Lipinski definition) is 0. The van der Waals surface area contributed by atoms with Crippen molar-refractivity contribution in [3.05, 3.63) is 116 Å². The zero-order valence-electron chi connectivity index (χ0n) is 22.0. The van der Waals surface area contributed by atoms with Crippen LogP contribution >= 0.6 is 11.8 Å². The predicted molar refractivity (Wildman–Crippen MR) is 153 cm³/mol. The number of methoxy groups -OCH3 is 1. The molecule has 0 aliphatic carbocycles. The molecule has 0 bridgehead atoms. The molecule has 1 aromatic heterocycles.